The molecule has 0 spiro atoms. The van der Waals surface area contributed by atoms with Gasteiger partial charge >= 0.3 is 0 Å². The maximum Gasteiger partial charge on any atom is 0.254 e. The first-order chi connectivity index (χ1) is 14.5. The molecule has 7 heteroatoms. The van der Waals surface area contributed by atoms with Crippen LogP contribution < -0.4 is 4.74 Å². The Morgan fingerprint density at radius 3 is 2.53 bits per heavy atom. The minimum absolute atomic E-state index is 0.0450. The Kier molecular flexibility index (Phi) is 8.33. The molecule has 30 heavy (non-hydrogen) atoms. The average Bonchev–Trinajstić information content (AvgIpc) is 3.38. The second kappa shape index (κ2) is 11.0. The predicted molar refractivity (Wildman–Crippen MR) is 122 cm³/mol. The Labute approximate surface area is 184 Å². The lowest BCUT2D eigenvalue weighted by Crippen LogP contribution is -2.40. The molecule has 2 heterocycles. The van der Waals surface area contributed by atoms with Gasteiger partial charge in [-0.3, -0.25) is 4.79 Å². The third kappa shape index (κ3) is 6.57. The molecule has 164 valence electrons. The molecule has 1 saturated heterocycles. The summed E-state index contributed by atoms with van der Waals surface area (Å²) in [7, 11) is -3.07. The third-order valence-corrected chi connectivity index (χ3v) is 8.05. The highest BCUT2D eigenvalue weighted by Gasteiger charge is 2.35. The number of nitrogens with zero attached hydrogens (tertiary/aromatic N) is 1. The van der Waals surface area contributed by atoms with Crippen molar-refractivity contribution in [3.8, 4) is 5.75 Å². The van der Waals surface area contributed by atoms with E-state index in [2.05, 4.69) is 6.92 Å². The van der Waals surface area contributed by atoms with Crippen LogP contribution in [0, 0.1) is 0 Å². The molecule has 0 bridgehead atoms. The van der Waals surface area contributed by atoms with Gasteiger partial charge in [0.25, 0.3) is 5.91 Å². The summed E-state index contributed by atoms with van der Waals surface area (Å²) < 4.78 is 29.8. The highest BCUT2D eigenvalue weighted by atomic mass is 32.2. The van der Waals surface area contributed by atoms with Gasteiger partial charge in [-0.25, -0.2) is 8.42 Å². The Hall–Kier alpha value is -1.86. The van der Waals surface area contributed by atoms with Gasteiger partial charge in [-0.2, -0.15) is 0 Å². The van der Waals surface area contributed by atoms with Crippen molar-refractivity contribution >= 4 is 27.1 Å². The molecule has 0 radical (unpaired) electrons. The summed E-state index contributed by atoms with van der Waals surface area (Å²) in [5, 5.41) is 1.97. The Morgan fingerprint density at radius 2 is 1.90 bits per heavy atom. The fraction of sp³-hybridized carbons (Fsp3) is 0.522. The smallest absolute Gasteiger partial charge is 0.254 e. The minimum Gasteiger partial charge on any atom is -0.494 e. The van der Waals surface area contributed by atoms with Gasteiger partial charge in [0.05, 0.1) is 24.7 Å². The lowest BCUT2D eigenvalue weighted by molar-refractivity contribution is 0.0683. The van der Waals surface area contributed by atoms with E-state index < -0.39 is 9.84 Å². The van der Waals surface area contributed by atoms with Gasteiger partial charge in [-0.05, 0) is 48.6 Å². The van der Waals surface area contributed by atoms with E-state index >= 15 is 0 Å². The first-order valence-corrected chi connectivity index (χ1v) is 13.5. The zero-order valence-corrected chi connectivity index (χ0v) is 19.2. The predicted octanol–water partition coefficient (Wildman–Crippen LogP) is 4.93. The normalized spacial score (nSPS) is 17.7. The molecule has 0 N–H and O–H groups in total. The number of carbonyl (C=O) groups excluding carboxylic acids is 1. The molecular formula is C23H31NO4S2. The Morgan fingerprint density at radius 1 is 1.13 bits per heavy atom. The molecule has 1 aliphatic rings. The van der Waals surface area contributed by atoms with Gasteiger partial charge in [0.2, 0.25) is 0 Å². The van der Waals surface area contributed by atoms with E-state index in [1.165, 1.54) is 25.7 Å². The van der Waals surface area contributed by atoms with E-state index in [9.17, 15) is 13.2 Å². The maximum atomic E-state index is 13.2. The molecule has 1 amide bonds. The molecule has 1 atom stereocenters. The number of rotatable bonds is 11. The Bertz CT molecular complexity index is 892. The lowest BCUT2D eigenvalue weighted by Gasteiger charge is -2.28. The van der Waals surface area contributed by atoms with E-state index in [4.69, 9.17) is 4.74 Å². The number of unbranched alkanes of at least 4 members (excludes halogenated alkanes) is 4. The quantitative estimate of drug-likeness (QED) is 0.457. The van der Waals surface area contributed by atoms with Crippen LogP contribution in [-0.4, -0.2) is 43.4 Å². The van der Waals surface area contributed by atoms with Gasteiger partial charge in [0, 0.05) is 16.5 Å². The van der Waals surface area contributed by atoms with E-state index in [0.29, 0.717) is 25.1 Å². The van der Waals surface area contributed by atoms with Gasteiger partial charge in [-0.1, -0.05) is 38.7 Å². The van der Waals surface area contributed by atoms with Crippen LogP contribution in [0.5, 0.6) is 5.75 Å². The summed E-state index contributed by atoms with van der Waals surface area (Å²) in [6.07, 6.45) is 6.44. The van der Waals surface area contributed by atoms with Crippen LogP contribution in [0.2, 0.25) is 0 Å². The summed E-state index contributed by atoms with van der Waals surface area (Å²) in [6.45, 7) is 3.32. The van der Waals surface area contributed by atoms with Crippen LogP contribution >= 0.6 is 11.3 Å². The standard InChI is InChI=1S/C23H31NO4S2/c1-2-3-4-5-6-14-28-21-11-9-19(10-12-21)23(25)24(17-22-8-7-15-29-22)20-13-16-30(26,27)18-20/h7-12,15,20H,2-6,13-14,16-18H2,1H3. The van der Waals surface area contributed by atoms with Crippen LogP contribution in [0.4, 0.5) is 0 Å². The molecule has 1 aliphatic heterocycles. The van der Waals surface area contributed by atoms with Crippen molar-refractivity contribution in [2.75, 3.05) is 18.1 Å². The summed E-state index contributed by atoms with van der Waals surface area (Å²) in [6, 6.07) is 10.9. The van der Waals surface area contributed by atoms with Crippen LogP contribution in [0.15, 0.2) is 41.8 Å². The molecule has 1 aromatic heterocycles. The topological polar surface area (TPSA) is 63.7 Å². The van der Waals surface area contributed by atoms with Crippen molar-refractivity contribution in [1.82, 2.24) is 4.90 Å². The second-order valence-electron chi connectivity index (χ2n) is 7.86. The van der Waals surface area contributed by atoms with Crippen LogP contribution in [0.25, 0.3) is 0 Å². The number of thiophene rings is 1. The SMILES string of the molecule is CCCCCCCOc1ccc(C(=O)N(Cc2cccs2)C2CCS(=O)(=O)C2)cc1. The molecule has 1 fully saturated rings. The zero-order chi connectivity index (χ0) is 21.4. The summed E-state index contributed by atoms with van der Waals surface area (Å²) >= 11 is 1.58. The fourth-order valence-corrected chi connectivity index (χ4v) is 6.15. The number of carbonyl (C=O) groups is 1. The summed E-state index contributed by atoms with van der Waals surface area (Å²) in [4.78, 5) is 16.0. The van der Waals surface area contributed by atoms with Gasteiger partial charge in [-0.15, -0.1) is 11.3 Å². The first kappa shape index (κ1) is 22.8. The first-order valence-electron chi connectivity index (χ1n) is 10.7. The van der Waals surface area contributed by atoms with Crippen LogP contribution in [0.3, 0.4) is 0 Å². The molecule has 2 aromatic rings. The van der Waals surface area contributed by atoms with Crippen molar-refractivity contribution in [1.29, 1.82) is 0 Å². The van der Waals surface area contributed by atoms with Crippen molar-refractivity contribution in [3.05, 3.63) is 52.2 Å². The monoisotopic (exact) mass is 449 g/mol. The highest BCUT2D eigenvalue weighted by Crippen LogP contribution is 2.24. The molecule has 3 rings (SSSR count). The van der Waals surface area contributed by atoms with Crippen molar-refractivity contribution in [2.45, 2.75) is 58.0 Å². The zero-order valence-electron chi connectivity index (χ0n) is 17.6. The number of sulfone groups is 1. The average molecular weight is 450 g/mol. The van der Waals surface area contributed by atoms with E-state index in [1.54, 1.807) is 28.4 Å². The molecule has 5 nitrogen and oxygen atoms in total. The van der Waals surface area contributed by atoms with Crippen molar-refractivity contribution in [2.24, 2.45) is 0 Å². The van der Waals surface area contributed by atoms with Gasteiger partial charge in [0.15, 0.2) is 9.84 Å². The van der Waals surface area contributed by atoms with E-state index in [0.717, 1.165) is 17.0 Å². The lowest BCUT2D eigenvalue weighted by atomic mass is 10.1. The Balaban J connectivity index is 1.62. The number of hydrogen-bond donors (Lipinski definition) is 0. The van der Waals surface area contributed by atoms with Crippen LogP contribution in [-0.2, 0) is 16.4 Å². The number of ether oxygens (including phenoxy) is 1. The summed E-state index contributed by atoms with van der Waals surface area (Å²) in [5.41, 5.74) is 0.561. The van der Waals surface area contributed by atoms with Gasteiger partial charge < -0.3 is 9.64 Å². The minimum atomic E-state index is -3.07. The third-order valence-electron chi connectivity index (χ3n) is 5.43. The number of hydrogen-bond acceptors (Lipinski definition) is 5. The second-order valence-corrected chi connectivity index (χ2v) is 11.1. The largest absolute Gasteiger partial charge is 0.494 e. The molecule has 0 saturated carbocycles. The molecule has 1 unspecified atom stereocenters. The number of benzene rings is 1. The van der Waals surface area contributed by atoms with Gasteiger partial charge in [0.1, 0.15) is 5.75 Å². The molecule has 0 aliphatic carbocycles. The molecular weight excluding hydrogens is 418 g/mol. The van der Waals surface area contributed by atoms with E-state index in [1.807, 2.05) is 29.6 Å². The molecule has 1 aromatic carbocycles. The fourth-order valence-electron chi connectivity index (χ4n) is 3.71. The van der Waals surface area contributed by atoms with E-state index in [-0.39, 0.29) is 23.5 Å². The highest BCUT2D eigenvalue weighted by molar-refractivity contribution is 7.91. The van der Waals surface area contributed by atoms with Crippen molar-refractivity contribution in [3.63, 3.8) is 0 Å². The summed E-state index contributed by atoms with van der Waals surface area (Å²) in [5.74, 6) is 0.826. The van der Waals surface area contributed by atoms with Crippen molar-refractivity contribution < 1.29 is 17.9 Å². The number of amides is 1. The maximum absolute atomic E-state index is 13.2. The van der Waals surface area contributed by atoms with Crippen LogP contribution in [0.1, 0.15) is 60.7 Å².